The molecule has 1 saturated carbocycles. The van der Waals surface area contributed by atoms with Crippen molar-refractivity contribution in [3.05, 3.63) is 11.1 Å². The second kappa shape index (κ2) is 5.11. The highest BCUT2D eigenvalue weighted by Gasteiger charge is 2.34. The first-order valence-corrected chi connectivity index (χ1v) is 7.10. The van der Waals surface area contributed by atoms with E-state index in [0.717, 1.165) is 24.6 Å². The van der Waals surface area contributed by atoms with E-state index in [1.807, 2.05) is 16.3 Å². The number of ether oxygens (including phenoxy) is 1. The largest absolute Gasteiger partial charge is 0.375 e. The van der Waals surface area contributed by atoms with Gasteiger partial charge in [-0.25, -0.2) is 4.68 Å². The highest BCUT2D eigenvalue weighted by Crippen LogP contribution is 2.28. The second-order valence-corrected chi connectivity index (χ2v) is 5.60. The van der Waals surface area contributed by atoms with E-state index in [-0.39, 0.29) is 0 Å². The van der Waals surface area contributed by atoms with E-state index in [9.17, 15) is 0 Å². The van der Waals surface area contributed by atoms with Crippen LogP contribution in [-0.2, 0) is 18.5 Å². The minimum atomic E-state index is 0.422. The number of nitrogens with zero attached hydrogens (tertiary/aromatic N) is 4. The summed E-state index contributed by atoms with van der Waals surface area (Å²) >= 11 is 5.35. The van der Waals surface area contributed by atoms with E-state index in [1.165, 1.54) is 25.7 Å². The molecule has 0 spiro atoms. The summed E-state index contributed by atoms with van der Waals surface area (Å²) in [6, 6.07) is 0.552. The van der Waals surface area contributed by atoms with Crippen LogP contribution in [0.25, 0.3) is 0 Å². The molecule has 5 nitrogen and oxygen atoms in total. The Hall–Kier alpha value is -0.720. The number of rotatable bonds is 2. The molecule has 0 bridgehead atoms. The molecule has 0 unspecified atom stereocenters. The van der Waals surface area contributed by atoms with Crippen LogP contribution in [0.5, 0.6) is 0 Å². The Kier molecular flexibility index (Phi) is 3.50. The van der Waals surface area contributed by atoms with Crippen LogP contribution in [0, 0.1) is 4.77 Å². The number of hydrogen-bond donors (Lipinski definition) is 0. The Morgan fingerprint density at radius 3 is 3.06 bits per heavy atom. The van der Waals surface area contributed by atoms with E-state index in [1.54, 1.807) is 6.33 Å². The Morgan fingerprint density at radius 2 is 2.28 bits per heavy atom. The molecule has 1 saturated heterocycles. The number of aromatic nitrogens is 3. The van der Waals surface area contributed by atoms with E-state index in [0.29, 0.717) is 12.1 Å². The van der Waals surface area contributed by atoms with Gasteiger partial charge in [-0.05, 0) is 25.1 Å². The summed E-state index contributed by atoms with van der Waals surface area (Å²) in [7, 11) is 1.94. The molecule has 18 heavy (non-hydrogen) atoms. The summed E-state index contributed by atoms with van der Waals surface area (Å²) in [5, 5.41) is 4.34. The van der Waals surface area contributed by atoms with Crippen molar-refractivity contribution in [3.8, 4) is 0 Å². The van der Waals surface area contributed by atoms with Crippen LogP contribution >= 0.6 is 12.2 Å². The third-order valence-corrected chi connectivity index (χ3v) is 4.55. The maximum absolute atomic E-state index is 5.88. The minimum absolute atomic E-state index is 0.422. The van der Waals surface area contributed by atoms with Gasteiger partial charge in [0.05, 0.1) is 19.4 Å². The molecule has 2 aliphatic rings. The molecule has 6 heteroatoms. The van der Waals surface area contributed by atoms with Crippen LogP contribution in [0.1, 0.15) is 25.7 Å². The van der Waals surface area contributed by atoms with Crippen molar-refractivity contribution in [2.75, 3.05) is 13.2 Å². The number of fused-ring (bicyclic) bond motifs is 1. The van der Waals surface area contributed by atoms with E-state index >= 15 is 0 Å². The van der Waals surface area contributed by atoms with Gasteiger partial charge in [0, 0.05) is 19.6 Å². The van der Waals surface area contributed by atoms with E-state index in [2.05, 4.69) is 10.00 Å². The average molecular weight is 268 g/mol. The van der Waals surface area contributed by atoms with Gasteiger partial charge in [-0.1, -0.05) is 12.8 Å². The number of morpholine rings is 1. The number of hydrogen-bond acceptors (Lipinski definition) is 4. The summed E-state index contributed by atoms with van der Waals surface area (Å²) in [4.78, 5) is 2.48. The molecule has 0 radical (unpaired) electrons. The fourth-order valence-corrected chi connectivity index (χ4v) is 3.19. The van der Waals surface area contributed by atoms with Gasteiger partial charge in [0.25, 0.3) is 0 Å². The van der Waals surface area contributed by atoms with Crippen LogP contribution in [-0.4, -0.2) is 44.5 Å². The third-order valence-electron chi connectivity index (χ3n) is 4.05. The molecule has 0 N–H and O–H groups in total. The fraction of sp³-hybridized carbons (Fsp3) is 0.833. The maximum Gasteiger partial charge on any atom is 0.198 e. The lowest BCUT2D eigenvalue weighted by Crippen LogP contribution is -2.52. The molecule has 2 atom stereocenters. The van der Waals surface area contributed by atoms with Crippen molar-refractivity contribution >= 4 is 12.2 Å². The second-order valence-electron chi connectivity index (χ2n) is 5.24. The molecule has 100 valence electrons. The Balaban J connectivity index is 1.75. The Morgan fingerprint density at radius 1 is 1.44 bits per heavy atom. The first-order chi connectivity index (χ1) is 8.75. The zero-order valence-electron chi connectivity index (χ0n) is 10.8. The van der Waals surface area contributed by atoms with Gasteiger partial charge in [0.15, 0.2) is 4.77 Å². The summed E-state index contributed by atoms with van der Waals surface area (Å²) in [5.74, 6) is 0. The molecule has 3 rings (SSSR count). The zero-order chi connectivity index (χ0) is 12.5. The lowest BCUT2D eigenvalue weighted by Gasteiger charge is -2.43. The summed E-state index contributed by atoms with van der Waals surface area (Å²) < 4.78 is 10.5. The van der Waals surface area contributed by atoms with Crippen molar-refractivity contribution < 1.29 is 4.74 Å². The predicted molar refractivity (Wildman–Crippen MR) is 70.7 cm³/mol. The molecule has 1 aromatic heterocycles. The summed E-state index contributed by atoms with van der Waals surface area (Å²) in [5.41, 5.74) is 0. The minimum Gasteiger partial charge on any atom is -0.375 e. The maximum atomic E-state index is 5.88. The third kappa shape index (κ3) is 2.24. The van der Waals surface area contributed by atoms with E-state index < -0.39 is 0 Å². The summed E-state index contributed by atoms with van der Waals surface area (Å²) in [6.07, 6.45) is 7.26. The number of aryl methyl sites for hydroxylation is 1. The van der Waals surface area contributed by atoms with Crippen molar-refractivity contribution in [3.63, 3.8) is 0 Å². The van der Waals surface area contributed by atoms with Crippen LogP contribution in [0.4, 0.5) is 0 Å². The Labute approximate surface area is 112 Å². The molecule has 0 aromatic carbocycles. The standard InChI is InChI=1S/C12H20N4OS/c1-14-8-13-16(12(14)18)9-15-6-7-17-11-5-3-2-4-10(11)15/h8,10-11H,2-7,9H2,1H3/t10-,11+/m1/s1. The van der Waals surface area contributed by atoms with Crippen molar-refractivity contribution in [1.29, 1.82) is 0 Å². The molecule has 1 aromatic rings. The van der Waals surface area contributed by atoms with Gasteiger partial charge in [0.2, 0.25) is 0 Å². The molecule has 0 amide bonds. The van der Waals surface area contributed by atoms with Crippen LogP contribution < -0.4 is 0 Å². The smallest absolute Gasteiger partial charge is 0.198 e. The highest BCUT2D eigenvalue weighted by atomic mass is 32.1. The molecular weight excluding hydrogens is 248 g/mol. The molecule has 2 heterocycles. The molecule has 1 aliphatic heterocycles. The average Bonchev–Trinajstić information content (AvgIpc) is 2.71. The van der Waals surface area contributed by atoms with Gasteiger partial charge >= 0.3 is 0 Å². The first kappa shape index (κ1) is 12.3. The van der Waals surface area contributed by atoms with Crippen LogP contribution in [0.3, 0.4) is 0 Å². The van der Waals surface area contributed by atoms with Gasteiger partial charge in [0.1, 0.15) is 6.33 Å². The Bertz CT molecular complexity index is 467. The fourth-order valence-electron chi connectivity index (χ4n) is 3.04. The van der Waals surface area contributed by atoms with E-state index in [4.69, 9.17) is 17.0 Å². The monoisotopic (exact) mass is 268 g/mol. The van der Waals surface area contributed by atoms with Gasteiger partial charge in [-0.3, -0.25) is 4.90 Å². The van der Waals surface area contributed by atoms with Crippen LogP contribution in [0.2, 0.25) is 0 Å². The van der Waals surface area contributed by atoms with Gasteiger partial charge < -0.3 is 9.30 Å². The quantitative estimate of drug-likeness (QED) is 0.762. The topological polar surface area (TPSA) is 35.2 Å². The first-order valence-electron chi connectivity index (χ1n) is 6.70. The van der Waals surface area contributed by atoms with Crippen molar-refractivity contribution in [2.45, 2.75) is 44.5 Å². The molecular formula is C12H20N4OS. The molecule has 2 fully saturated rings. The van der Waals surface area contributed by atoms with Gasteiger partial charge in [-0.2, -0.15) is 5.10 Å². The molecule has 1 aliphatic carbocycles. The van der Waals surface area contributed by atoms with Crippen LogP contribution in [0.15, 0.2) is 6.33 Å². The summed E-state index contributed by atoms with van der Waals surface area (Å²) in [6.45, 7) is 2.62. The highest BCUT2D eigenvalue weighted by molar-refractivity contribution is 7.71. The zero-order valence-corrected chi connectivity index (χ0v) is 11.6. The predicted octanol–water partition coefficient (Wildman–Crippen LogP) is 1.55. The van der Waals surface area contributed by atoms with Crippen molar-refractivity contribution in [2.24, 2.45) is 7.05 Å². The lowest BCUT2D eigenvalue weighted by atomic mass is 9.90. The SMILES string of the molecule is Cn1cnn(CN2CCO[C@H]3CCCC[C@H]32)c1=S. The van der Waals surface area contributed by atoms with Gasteiger partial charge in [-0.15, -0.1) is 0 Å². The van der Waals surface area contributed by atoms with Crippen molar-refractivity contribution in [1.82, 2.24) is 19.2 Å². The lowest BCUT2D eigenvalue weighted by molar-refractivity contribution is -0.0994. The normalized spacial score (nSPS) is 29.2.